The molecule has 0 radical (unpaired) electrons. The topological polar surface area (TPSA) is 66.5 Å². The van der Waals surface area contributed by atoms with Crippen LogP contribution in [0.2, 0.25) is 0 Å². The molecule has 0 aromatic heterocycles. The van der Waals surface area contributed by atoms with Crippen molar-refractivity contribution in [2.45, 2.75) is 59.4 Å². The standard InChI is InChI=1S/C19H30BrFN2O3S/c1-18(2,3)13-19(4,5)22-17(24)8-7-11-23(27(6,25)26)16-10-9-14(20)12-15(16)21/h9-10,12H,7-8,11,13H2,1-6H3,(H,22,24). The lowest BCUT2D eigenvalue weighted by Crippen LogP contribution is -2.46. The van der Waals surface area contributed by atoms with E-state index in [2.05, 4.69) is 42.0 Å². The Morgan fingerprint density at radius 3 is 2.30 bits per heavy atom. The fraction of sp³-hybridized carbons (Fsp3) is 0.632. The van der Waals surface area contributed by atoms with Gasteiger partial charge in [-0.3, -0.25) is 9.10 Å². The molecule has 0 fully saturated rings. The van der Waals surface area contributed by atoms with Gasteiger partial charge in [0, 0.05) is 23.0 Å². The Morgan fingerprint density at radius 1 is 1.22 bits per heavy atom. The van der Waals surface area contributed by atoms with Crippen LogP contribution < -0.4 is 9.62 Å². The number of carbonyl (C=O) groups excluding carboxylic acids is 1. The van der Waals surface area contributed by atoms with E-state index in [0.717, 1.165) is 17.0 Å². The Hall–Kier alpha value is -1.15. The summed E-state index contributed by atoms with van der Waals surface area (Å²) in [5.74, 6) is -0.778. The van der Waals surface area contributed by atoms with E-state index in [4.69, 9.17) is 0 Å². The van der Waals surface area contributed by atoms with Crippen LogP contribution in [0.25, 0.3) is 0 Å². The summed E-state index contributed by atoms with van der Waals surface area (Å²) in [6, 6.07) is 4.21. The Kier molecular flexibility index (Phi) is 7.88. The minimum atomic E-state index is -3.66. The third-order valence-corrected chi connectivity index (χ3v) is 5.47. The second-order valence-corrected chi connectivity index (χ2v) is 11.5. The number of hydrogen-bond acceptors (Lipinski definition) is 3. The summed E-state index contributed by atoms with van der Waals surface area (Å²) >= 11 is 3.16. The molecule has 0 unspecified atom stereocenters. The fourth-order valence-electron chi connectivity index (χ4n) is 3.34. The summed E-state index contributed by atoms with van der Waals surface area (Å²) in [5, 5.41) is 3.00. The smallest absolute Gasteiger partial charge is 0.232 e. The zero-order chi connectivity index (χ0) is 21.0. The van der Waals surface area contributed by atoms with Crippen LogP contribution in [-0.2, 0) is 14.8 Å². The SMILES string of the molecule is CC(C)(C)CC(C)(C)NC(=O)CCCN(c1ccc(Br)cc1F)S(C)(=O)=O. The van der Waals surface area contributed by atoms with Gasteiger partial charge < -0.3 is 5.32 Å². The minimum Gasteiger partial charge on any atom is -0.351 e. The maximum atomic E-state index is 14.2. The van der Waals surface area contributed by atoms with E-state index in [-0.39, 0.29) is 35.5 Å². The van der Waals surface area contributed by atoms with E-state index >= 15 is 0 Å². The molecule has 0 spiro atoms. The molecule has 154 valence electrons. The van der Waals surface area contributed by atoms with E-state index in [0.29, 0.717) is 10.9 Å². The van der Waals surface area contributed by atoms with Gasteiger partial charge in [-0.05, 0) is 50.3 Å². The lowest BCUT2D eigenvalue weighted by molar-refractivity contribution is -0.123. The number of anilines is 1. The number of sulfonamides is 1. The van der Waals surface area contributed by atoms with Gasteiger partial charge in [-0.2, -0.15) is 0 Å². The van der Waals surface area contributed by atoms with Gasteiger partial charge in [0.25, 0.3) is 0 Å². The molecule has 5 nitrogen and oxygen atoms in total. The van der Waals surface area contributed by atoms with Crippen molar-refractivity contribution < 1.29 is 17.6 Å². The lowest BCUT2D eigenvalue weighted by Gasteiger charge is -2.33. The van der Waals surface area contributed by atoms with E-state index in [1.165, 1.54) is 12.1 Å². The summed E-state index contributed by atoms with van der Waals surface area (Å²) in [5.41, 5.74) is -0.304. The number of rotatable bonds is 8. The van der Waals surface area contributed by atoms with Crippen LogP contribution in [-0.4, -0.2) is 32.7 Å². The highest BCUT2D eigenvalue weighted by Crippen LogP contribution is 2.27. The van der Waals surface area contributed by atoms with E-state index in [1.54, 1.807) is 6.07 Å². The fourth-order valence-corrected chi connectivity index (χ4v) is 4.64. The molecule has 0 heterocycles. The Morgan fingerprint density at radius 2 is 1.81 bits per heavy atom. The summed E-state index contributed by atoms with van der Waals surface area (Å²) in [4.78, 5) is 12.3. The molecule has 0 aliphatic carbocycles. The van der Waals surface area contributed by atoms with Crippen LogP contribution in [0.5, 0.6) is 0 Å². The Balaban J connectivity index is 2.74. The van der Waals surface area contributed by atoms with Gasteiger partial charge in [0.2, 0.25) is 15.9 Å². The maximum absolute atomic E-state index is 14.2. The monoisotopic (exact) mass is 464 g/mol. The minimum absolute atomic E-state index is 0.0193. The maximum Gasteiger partial charge on any atom is 0.232 e. The molecule has 0 saturated heterocycles. The summed E-state index contributed by atoms with van der Waals surface area (Å²) < 4.78 is 39.9. The van der Waals surface area contributed by atoms with Crippen molar-refractivity contribution in [1.82, 2.24) is 5.32 Å². The van der Waals surface area contributed by atoms with E-state index in [1.807, 2.05) is 13.8 Å². The normalized spacial score (nSPS) is 12.7. The number of benzene rings is 1. The zero-order valence-electron chi connectivity index (χ0n) is 16.9. The predicted octanol–water partition coefficient (Wildman–Crippen LogP) is 4.47. The second-order valence-electron chi connectivity index (χ2n) is 8.70. The molecular weight excluding hydrogens is 435 g/mol. The van der Waals surface area contributed by atoms with Crippen molar-refractivity contribution in [3.63, 3.8) is 0 Å². The van der Waals surface area contributed by atoms with Crippen LogP contribution in [0.15, 0.2) is 22.7 Å². The Labute approximate surface area is 170 Å². The van der Waals surface area contributed by atoms with Gasteiger partial charge in [-0.15, -0.1) is 0 Å². The van der Waals surface area contributed by atoms with E-state index < -0.39 is 15.8 Å². The van der Waals surface area contributed by atoms with Gasteiger partial charge in [0.15, 0.2) is 0 Å². The van der Waals surface area contributed by atoms with Crippen molar-refractivity contribution in [2.24, 2.45) is 5.41 Å². The summed E-state index contributed by atoms with van der Waals surface area (Å²) in [6.45, 7) is 10.3. The molecule has 1 N–H and O–H groups in total. The molecule has 0 aliphatic heterocycles. The van der Waals surface area contributed by atoms with Crippen LogP contribution in [0.4, 0.5) is 10.1 Å². The lowest BCUT2D eigenvalue weighted by atomic mass is 9.82. The second kappa shape index (κ2) is 8.90. The number of hydrogen-bond donors (Lipinski definition) is 1. The molecule has 27 heavy (non-hydrogen) atoms. The molecule has 0 saturated carbocycles. The largest absolute Gasteiger partial charge is 0.351 e. The van der Waals surface area contributed by atoms with Gasteiger partial charge in [0.05, 0.1) is 11.9 Å². The average Bonchev–Trinajstić information content (AvgIpc) is 2.40. The van der Waals surface area contributed by atoms with Gasteiger partial charge in [-0.1, -0.05) is 36.7 Å². The number of amides is 1. The number of nitrogens with zero attached hydrogens (tertiary/aromatic N) is 1. The van der Waals surface area contributed by atoms with E-state index in [9.17, 15) is 17.6 Å². The first-order valence-electron chi connectivity index (χ1n) is 8.84. The molecule has 1 aromatic carbocycles. The number of carbonyl (C=O) groups is 1. The first-order chi connectivity index (χ1) is 12.1. The van der Waals surface area contributed by atoms with Gasteiger partial charge in [-0.25, -0.2) is 12.8 Å². The molecule has 0 aliphatic rings. The number of nitrogens with one attached hydrogen (secondary N) is 1. The van der Waals surface area contributed by atoms with Crippen LogP contribution in [0.1, 0.15) is 53.9 Å². The highest BCUT2D eigenvalue weighted by Gasteiger charge is 2.27. The van der Waals surface area contributed by atoms with Crippen LogP contribution >= 0.6 is 15.9 Å². The van der Waals surface area contributed by atoms with Gasteiger partial charge in [0.1, 0.15) is 5.82 Å². The Bertz CT molecular complexity index is 774. The molecule has 0 bridgehead atoms. The van der Waals surface area contributed by atoms with Crippen molar-refractivity contribution in [3.05, 3.63) is 28.5 Å². The summed E-state index contributed by atoms with van der Waals surface area (Å²) in [7, 11) is -3.66. The molecular formula is C19H30BrFN2O3S. The summed E-state index contributed by atoms with van der Waals surface area (Å²) in [6.07, 6.45) is 2.30. The van der Waals surface area contributed by atoms with Crippen LogP contribution in [0, 0.1) is 11.2 Å². The zero-order valence-corrected chi connectivity index (χ0v) is 19.3. The predicted molar refractivity (Wildman–Crippen MR) is 112 cm³/mol. The average molecular weight is 465 g/mol. The first-order valence-corrected chi connectivity index (χ1v) is 11.5. The van der Waals surface area contributed by atoms with Crippen molar-refractivity contribution in [2.75, 3.05) is 17.1 Å². The number of halogens is 2. The quantitative estimate of drug-likeness (QED) is 0.616. The van der Waals surface area contributed by atoms with Gasteiger partial charge >= 0.3 is 0 Å². The molecule has 1 rings (SSSR count). The highest BCUT2D eigenvalue weighted by atomic mass is 79.9. The van der Waals surface area contributed by atoms with Crippen molar-refractivity contribution >= 4 is 37.5 Å². The van der Waals surface area contributed by atoms with Crippen molar-refractivity contribution in [3.8, 4) is 0 Å². The van der Waals surface area contributed by atoms with Crippen LogP contribution in [0.3, 0.4) is 0 Å². The van der Waals surface area contributed by atoms with Crippen molar-refractivity contribution in [1.29, 1.82) is 0 Å². The third kappa shape index (κ3) is 8.60. The first kappa shape index (κ1) is 23.9. The highest BCUT2D eigenvalue weighted by molar-refractivity contribution is 9.10. The third-order valence-electron chi connectivity index (χ3n) is 3.79. The molecule has 0 atom stereocenters. The molecule has 8 heteroatoms. The molecule has 1 aromatic rings. The molecule has 1 amide bonds.